The summed E-state index contributed by atoms with van der Waals surface area (Å²) in [7, 11) is 1.82. The molecule has 1 fully saturated rings. The van der Waals surface area contributed by atoms with E-state index in [1.54, 1.807) is 12.1 Å². The number of nitrogens with zero attached hydrogens (tertiary/aromatic N) is 1. The first-order chi connectivity index (χ1) is 6.61. The molecule has 0 bridgehead atoms. The number of carbonyl (C=O) groups is 1. The summed E-state index contributed by atoms with van der Waals surface area (Å²) >= 11 is 0. The highest BCUT2D eigenvalue weighted by molar-refractivity contribution is 5.84. The van der Waals surface area contributed by atoms with Crippen molar-refractivity contribution in [3.8, 4) is 0 Å². The molecule has 1 aromatic carbocycles. The van der Waals surface area contributed by atoms with E-state index in [4.69, 9.17) is 5.73 Å². The highest BCUT2D eigenvalue weighted by Crippen LogP contribution is 2.40. The van der Waals surface area contributed by atoms with Gasteiger partial charge >= 0.3 is 0 Å². The Balaban J connectivity index is 2.19. The maximum Gasteiger partial charge on any atom is 0.236 e. The number of benzene rings is 1. The fourth-order valence-corrected chi connectivity index (χ4v) is 1.77. The summed E-state index contributed by atoms with van der Waals surface area (Å²) in [5.41, 5.74) is 6.12. The summed E-state index contributed by atoms with van der Waals surface area (Å²) in [5.74, 6) is -0.602. The molecule has 0 radical (unpaired) electrons. The van der Waals surface area contributed by atoms with Crippen molar-refractivity contribution < 1.29 is 9.18 Å². The number of rotatable bonds is 2. The van der Waals surface area contributed by atoms with Gasteiger partial charge in [0, 0.05) is 0 Å². The van der Waals surface area contributed by atoms with E-state index in [0.29, 0.717) is 0 Å². The first kappa shape index (κ1) is 9.15. The average molecular weight is 194 g/mol. The molecule has 1 aromatic rings. The van der Waals surface area contributed by atoms with Crippen LogP contribution in [0.2, 0.25) is 0 Å². The van der Waals surface area contributed by atoms with Crippen molar-refractivity contribution in [1.82, 2.24) is 4.90 Å². The van der Waals surface area contributed by atoms with Crippen LogP contribution < -0.4 is 5.73 Å². The molecule has 1 aliphatic rings. The van der Waals surface area contributed by atoms with Crippen LogP contribution in [0.5, 0.6) is 0 Å². The van der Waals surface area contributed by atoms with Gasteiger partial charge in [-0.3, -0.25) is 9.69 Å². The first-order valence-electron chi connectivity index (χ1n) is 4.38. The number of amides is 1. The maximum atomic E-state index is 12.6. The van der Waals surface area contributed by atoms with Crippen molar-refractivity contribution in [2.75, 3.05) is 7.05 Å². The third kappa shape index (κ3) is 1.37. The third-order valence-electron chi connectivity index (χ3n) is 2.59. The van der Waals surface area contributed by atoms with Crippen LogP contribution in [-0.2, 0) is 4.79 Å². The summed E-state index contributed by atoms with van der Waals surface area (Å²) in [6.45, 7) is 0. The Morgan fingerprint density at radius 3 is 2.43 bits per heavy atom. The minimum Gasteiger partial charge on any atom is -0.368 e. The van der Waals surface area contributed by atoms with Crippen LogP contribution in [0.3, 0.4) is 0 Å². The quantitative estimate of drug-likeness (QED) is 0.703. The molecule has 1 amide bonds. The second kappa shape index (κ2) is 3.06. The molecule has 1 saturated heterocycles. The van der Waals surface area contributed by atoms with Crippen LogP contribution in [0.4, 0.5) is 4.39 Å². The zero-order chi connectivity index (χ0) is 10.3. The number of nitrogens with two attached hydrogens (primary N) is 1. The molecule has 74 valence electrons. The Labute approximate surface area is 81.3 Å². The number of hydrogen-bond donors (Lipinski definition) is 1. The van der Waals surface area contributed by atoms with Gasteiger partial charge in [0.05, 0.1) is 6.04 Å². The van der Waals surface area contributed by atoms with E-state index in [-0.39, 0.29) is 23.8 Å². The van der Waals surface area contributed by atoms with Gasteiger partial charge in [0.2, 0.25) is 5.91 Å². The Kier molecular flexibility index (Phi) is 2.00. The lowest BCUT2D eigenvalue weighted by Crippen LogP contribution is -2.20. The predicted molar refractivity (Wildman–Crippen MR) is 49.9 cm³/mol. The molecule has 4 heteroatoms. The van der Waals surface area contributed by atoms with E-state index >= 15 is 0 Å². The standard InChI is InChI=1S/C10H11FN2O/c1-13-8(9(13)10(12)14)6-2-4-7(11)5-3-6/h2-5,8-9H,1H3,(H2,12,14)/t8-,9+,13?/m0/s1. The van der Waals surface area contributed by atoms with Crippen molar-refractivity contribution in [3.63, 3.8) is 0 Å². The summed E-state index contributed by atoms with van der Waals surface area (Å²) < 4.78 is 12.6. The van der Waals surface area contributed by atoms with Gasteiger partial charge in [-0.1, -0.05) is 12.1 Å². The third-order valence-corrected chi connectivity index (χ3v) is 2.59. The van der Waals surface area contributed by atoms with Crippen molar-refractivity contribution in [2.24, 2.45) is 5.73 Å². The zero-order valence-electron chi connectivity index (χ0n) is 7.77. The minimum absolute atomic E-state index is 0.0214. The van der Waals surface area contributed by atoms with Crippen LogP contribution in [-0.4, -0.2) is 23.9 Å². The molecule has 0 saturated carbocycles. The van der Waals surface area contributed by atoms with Crippen molar-refractivity contribution in [1.29, 1.82) is 0 Å². The van der Waals surface area contributed by atoms with Crippen LogP contribution in [0.25, 0.3) is 0 Å². The van der Waals surface area contributed by atoms with Crippen LogP contribution in [0.15, 0.2) is 24.3 Å². The molecule has 3 nitrogen and oxygen atoms in total. The minimum atomic E-state index is -0.332. The summed E-state index contributed by atoms with van der Waals surface area (Å²) in [6, 6.07) is 5.92. The Morgan fingerprint density at radius 1 is 1.43 bits per heavy atom. The predicted octanol–water partition coefficient (Wildman–Crippen LogP) is 0.666. The van der Waals surface area contributed by atoms with Crippen LogP contribution in [0.1, 0.15) is 11.6 Å². The Bertz CT molecular complexity index is 363. The number of likely N-dealkylation sites (N-methyl/N-ethyl adjacent to an activating group) is 1. The lowest BCUT2D eigenvalue weighted by Gasteiger charge is -1.96. The first-order valence-corrected chi connectivity index (χ1v) is 4.38. The van der Waals surface area contributed by atoms with Gasteiger partial charge in [0.15, 0.2) is 0 Å². The van der Waals surface area contributed by atoms with Gasteiger partial charge in [0.1, 0.15) is 11.9 Å². The number of carbonyl (C=O) groups excluding carboxylic acids is 1. The molecule has 0 aromatic heterocycles. The number of hydrogen-bond acceptors (Lipinski definition) is 2. The van der Waals surface area contributed by atoms with Crippen molar-refractivity contribution in [2.45, 2.75) is 12.1 Å². The van der Waals surface area contributed by atoms with Gasteiger partial charge in [-0.25, -0.2) is 4.39 Å². The molecule has 2 N–H and O–H groups in total. The molecular weight excluding hydrogens is 183 g/mol. The zero-order valence-corrected chi connectivity index (χ0v) is 7.77. The van der Waals surface area contributed by atoms with Crippen LogP contribution >= 0.6 is 0 Å². The normalized spacial score (nSPS) is 30.0. The van der Waals surface area contributed by atoms with Gasteiger partial charge in [-0.05, 0) is 24.7 Å². The summed E-state index contributed by atoms with van der Waals surface area (Å²) in [6.07, 6.45) is 0. The fourth-order valence-electron chi connectivity index (χ4n) is 1.77. The molecule has 1 aliphatic heterocycles. The van der Waals surface area contributed by atoms with Crippen LogP contribution in [0, 0.1) is 5.82 Å². The molecule has 2 rings (SSSR count). The average Bonchev–Trinajstić information content (AvgIpc) is 2.79. The van der Waals surface area contributed by atoms with E-state index in [1.807, 2.05) is 11.9 Å². The SMILES string of the molecule is CN1[C@@H](C(N)=O)[C@@H]1c1ccc(F)cc1. The lowest BCUT2D eigenvalue weighted by molar-refractivity contribution is -0.118. The van der Waals surface area contributed by atoms with Crippen molar-refractivity contribution in [3.05, 3.63) is 35.6 Å². The molecule has 0 aliphatic carbocycles. The molecule has 1 unspecified atom stereocenters. The molecule has 0 spiro atoms. The van der Waals surface area contributed by atoms with Crippen molar-refractivity contribution >= 4 is 5.91 Å². The van der Waals surface area contributed by atoms with E-state index in [0.717, 1.165) is 5.56 Å². The second-order valence-corrected chi connectivity index (χ2v) is 3.51. The molecule has 14 heavy (non-hydrogen) atoms. The van der Waals surface area contributed by atoms with E-state index < -0.39 is 0 Å². The van der Waals surface area contributed by atoms with Gasteiger partial charge in [-0.15, -0.1) is 0 Å². The number of primary amides is 1. The lowest BCUT2D eigenvalue weighted by atomic mass is 10.1. The molecule has 1 heterocycles. The van der Waals surface area contributed by atoms with E-state index in [2.05, 4.69) is 0 Å². The second-order valence-electron chi connectivity index (χ2n) is 3.51. The highest BCUT2D eigenvalue weighted by atomic mass is 19.1. The molecule has 3 atom stereocenters. The summed E-state index contributed by atoms with van der Waals surface area (Å²) in [5, 5.41) is 0. The summed E-state index contributed by atoms with van der Waals surface area (Å²) in [4.78, 5) is 12.8. The van der Waals surface area contributed by atoms with E-state index in [9.17, 15) is 9.18 Å². The monoisotopic (exact) mass is 194 g/mol. The largest absolute Gasteiger partial charge is 0.368 e. The maximum absolute atomic E-state index is 12.6. The Morgan fingerprint density at radius 2 is 2.00 bits per heavy atom. The van der Waals surface area contributed by atoms with Gasteiger partial charge in [0.25, 0.3) is 0 Å². The highest BCUT2D eigenvalue weighted by Gasteiger charge is 2.49. The smallest absolute Gasteiger partial charge is 0.236 e. The van der Waals surface area contributed by atoms with E-state index in [1.165, 1.54) is 12.1 Å². The fraction of sp³-hybridized carbons (Fsp3) is 0.300. The van der Waals surface area contributed by atoms with Gasteiger partial charge in [-0.2, -0.15) is 0 Å². The topological polar surface area (TPSA) is 46.1 Å². The number of halogens is 1. The molecular formula is C10H11FN2O. The Hall–Kier alpha value is -1.42. The van der Waals surface area contributed by atoms with Gasteiger partial charge < -0.3 is 5.73 Å².